The molecule has 0 fully saturated rings. The van der Waals surface area contributed by atoms with Crippen LogP contribution in [0.25, 0.3) is 11.3 Å². The van der Waals surface area contributed by atoms with E-state index in [0.29, 0.717) is 5.02 Å². The van der Waals surface area contributed by atoms with Gasteiger partial charge in [-0.1, -0.05) is 31.5 Å². The molecule has 0 bridgehead atoms. The van der Waals surface area contributed by atoms with Gasteiger partial charge in [0.05, 0.1) is 11.1 Å². The first kappa shape index (κ1) is 14.6. The van der Waals surface area contributed by atoms with E-state index in [1.54, 1.807) is 0 Å². The number of furan rings is 1. The largest absolute Gasteiger partial charge is 0.459 e. The van der Waals surface area contributed by atoms with Crippen LogP contribution in [0, 0.1) is 0 Å². The topological polar surface area (TPSA) is 25.2 Å². The summed E-state index contributed by atoms with van der Waals surface area (Å²) in [5, 5.41) is 4.10. The molecule has 1 heterocycles. The van der Waals surface area contributed by atoms with Gasteiger partial charge in [-0.2, -0.15) is 0 Å². The zero-order valence-electron chi connectivity index (χ0n) is 11.0. The lowest BCUT2D eigenvalue weighted by Crippen LogP contribution is -2.19. The third kappa shape index (κ3) is 3.41. The Hall–Kier alpha value is -0.770. The quantitative estimate of drug-likeness (QED) is 0.784. The summed E-state index contributed by atoms with van der Waals surface area (Å²) in [5.41, 5.74) is 0.991. The van der Waals surface area contributed by atoms with E-state index in [-0.39, 0.29) is 6.04 Å². The van der Waals surface area contributed by atoms with E-state index >= 15 is 0 Å². The predicted molar refractivity (Wildman–Crippen MR) is 83.6 cm³/mol. The molecule has 0 radical (unpaired) electrons. The molecule has 4 heteroatoms. The molecule has 2 aromatic rings. The molecule has 1 aromatic carbocycles. The van der Waals surface area contributed by atoms with Crippen LogP contribution in [-0.2, 0) is 0 Å². The second-order valence-electron chi connectivity index (χ2n) is 4.35. The van der Waals surface area contributed by atoms with Gasteiger partial charge in [0.15, 0.2) is 0 Å². The maximum atomic E-state index is 6.11. The minimum atomic E-state index is 0.268. The molecule has 0 saturated heterocycles. The molecule has 1 N–H and O–H groups in total. The Morgan fingerprint density at radius 1 is 1.26 bits per heavy atom. The lowest BCUT2D eigenvalue weighted by Gasteiger charge is -2.12. The first-order chi connectivity index (χ1) is 9.15. The molecule has 0 aliphatic rings. The summed E-state index contributed by atoms with van der Waals surface area (Å²) in [7, 11) is 0. The van der Waals surface area contributed by atoms with Gasteiger partial charge in [-0.05, 0) is 53.2 Å². The van der Waals surface area contributed by atoms with Gasteiger partial charge in [-0.3, -0.25) is 0 Å². The maximum Gasteiger partial charge on any atom is 0.134 e. The van der Waals surface area contributed by atoms with Crippen molar-refractivity contribution in [2.45, 2.75) is 26.3 Å². The number of benzene rings is 1. The molecule has 0 spiro atoms. The van der Waals surface area contributed by atoms with Crippen molar-refractivity contribution in [2.24, 2.45) is 0 Å². The molecule has 0 saturated carbocycles. The minimum absolute atomic E-state index is 0.268. The van der Waals surface area contributed by atoms with Crippen molar-refractivity contribution in [2.75, 3.05) is 6.54 Å². The average molecular weight is 343 g/mol. The number of nitrogens with one attached hydrogen (secondary N) is 1. The van der Waals surface area contributed by atoms with E-state index in [4.69, 9.17) is 16.0 Å². The maximum absolute atomic E-state index is 6.11. The standard InChI is InChI=1S/C15H17BrClNO/c1-3-13(18-4-2)15-8-7-14(19-15)10-5-6-11(16)12(17)9-10/h5-9,13,18H,3-4H2,1-2H3. The molecule has 19 heavy (non-hydrogen) atoms. The average Bonchev–Trinajstić information content (AvgIpc) is 2.88. The summed E-state index contributed by atoms with van der Waals surface area (Å²) < 4.78 is 6.83. The zero-order valence-corrected chi connectivity index (χ0v) is 13.4. The van der Waals surface area contributed by atoms with Crippen molar-refractivity contribution < 1.29 is 4.42 Å². The molecule has 0 amide bonds. The van der Waals surface area contributed by atoms with Crippen molar-refractivity contribution in [1.82, 2.24) is 5.32 Å². The van der Waals surface area contributed by atoms with Gasteiger partial charge < -0.3 is 9.73 Å². The van der Waals surface area contributed by atoms with Crippen LogP contribution >= 0.6 is 27.5 Å². The monoisotopic (exact) mass is 341 g/mol. The highest BCUT2D eigenvalue weighted by Crippen LogP contribution is 2.31. The lowest BCUT2D eigenvalue weighted by molar-refractivity contribution is 0.417. The molecular weight excluding hydrogens is 326 g/mol. The van der Waals surface area contributed by atoms with Crippen LogP contribution in [0.15, 0.2) is 39.2 Å². The number of rotatable bonds is 5. The van der Waals surface area contributed by atoms with Gasteiger partial charge in [0.25, 0.3) is 0 Å². The van der Waals surface area contributed by atoms with Crippen molar-refractivity contribution in [3.63, 3.8) is 0 Å². The van der Waals surface area contributed by atoms with Crippen LogP contribution in [0.2, 0.25) is 5.02 Å². The smallest absolute Gasteiger partial charge is 0.134 e. The molecule has 1 atom stereocenters. The molecule has 0 aliphatic carbocycles. The fourth-order valence-electron chi connectivity index (χ4n) is 2.04. The normalized spacial score (nSPS) is 12.6. The zero-order chi connectivity index (χ0) is 13.8. The molecular formula is C15H17BrClNO. The highest BCUT2D eigenvalue weighted by atomic mass is 79.9. The summed E-state index contributed by atoms with van der Waals surface area (Å²) in [6.07, 6.45) is 1.00. The van der Waals surface area contributed by atoms with Gasteiger partial charge in [-0.15, -0.1) is 0 Å². The Bertz CT molecular complexity index is 553. The Morgan fingerprint density at radius 3 is 2.68 bits per heavy atom. The Kier molecular flexibility index (Phi) is 5.08. The molecule has 102 valence electrons. The van der Waals surface area contributed by atoms with Gasteiger partial charge in [0.2, 0.25) is 0 Å². The molecule has 0 aliphatic heterocycles. The van der Waals surface area contributed by atoms with Crippen LogP contribution in [0.1, 0.15) is 32.1 Å². The minimum Gasteiger partial charge on any atom is -0.459 e. The van der Waals surface area contributed by atoms with Gasteiger partial charge in [0.1, 0.15) is 11.5 Å². The van der Waals surface area contributed by atoms with Crippen LogP contribution in [-0.4, -0.2) is 6.54 Å². The summed E-state index contributed by atoms with van der Waals surface area (Å²) in [6, 6.07) is 10.1. The molecule has 2 rings (SSSR count). The molecule has 1 aromatic heterocycles. The summed E-state index contributed by atoms with van der Waals surface area (Å²) in [4.78, 5) is 0. The predicted octanol–water partition coefficient (Wildman–Crippen LogP) is 5.42. The summed E-state index contributed by atoms with van der Waals surface area (Å²) in [5.74, 6) is 1.82. The van der Waals surface area contributed by atoms with E-state index in [9.17, 15) is 0 Å². The van der Waals surface area contributed by atoms with Crippen LogP contribution in [0.3, 0.4) is 0 Å². The van der Waals surface area contributed by atoms with Crippen molar-refractivity contribution in [1.29, 1.82) is 0 Å². The van der Waals surface area contributed by atoms with E-state index in [1.807, 2.05) is 30.3 Å². The number of hydrogen-bond donors (Lipinski definition) is 1. The van der Waals surface area contributed by atoms with Gasteiger partial charge in [-0.25, -0.2) is 0 Å². The molecule has 2 nitrogen and oxygen atoms in total. The van der Waals surface area contributed by atoms with Crippen LogP contribution in [0.4, 0.5) is 0 Å². The first-order valence-electron chi connectivity index (χ1n) is 6.44. The van der Waals surface area contributed by atoms with Gasteiger partial charge in [0, 0.05) is 10.0 Å². The third-order valence-electron chi connectivity index (χ3n) is 3.03. The Morgan fingerprint density at radius 2 is 2.05 bits per heavy atom. The fourth-order valence-corrected chi connectivity index (χ4v) is 2.46. The van der Waals surface area contributed by atoms with E-state index < -0.39 is 0 Å². The fraction of sp³-hybridized carbons (Fsp3) is 0.333. The van der Waals surface area contributed by atoms with Gasteiger partial charge >= 0.3 is 0 Å². The molecule has 1 unspecified atom stereocenters. The van der Waals surface area contributed by atoms with Crippen molar-refractivity contribution in [3.05, 3.63) is 45.6 Å². The van der Waals surface area contributed by atoms with Crippen LogP contribution in [0.5, 0.6) is 0 Å². The number of hydrogen-bond acceptors (Lipinski definition) is 2. The van der Waals surface area contributed by atoms with E-state index in [2.05, 4.69) is 35.1 Å². The summed E-state index contributed by atoms with van der Waals surface area (Å²) in [6.45, 7) is 5.17. The van der Waals surface area contributed by atoms with Crippen molar-refractivity contribution >= 4 is 27.5 Å². The second kappa shape index (κ2) is 6.60. The Balaban J connectivity index is 2.27. The van der Waals surface area contributed by atoms with Crippen LogP contribution < -0.4 is 5.32 Å². The highest BCUT2D eigenvalue weighted by molar-refractivity contribution is 9.10. The lowest BCUT2D eigenvalue weighted by atomic mass is 10.1. The SMILES string of the molecule is CCNC(CC)c1ccc(-c2ccc(Br)c(Cl)c2)o1. The first-order valence-corrected chi connectivity index (χ1v) is 7.61. The highest BCUT2D eigenvalue weighted by Gasteiger charge is 2.13. The Labute approximate surface area is 127 Å². The second-order valence-corrected chi connectivity index (χ2v) is 5.61. The third-order valence-corrected chi connectivity index (χ3v) is 4.27. The summed E-state index contributed by atoms with van der Waals surface area (Å²) >= 11 is 9.50. The van der Waals surface area contributed by atoms with E-state index in [0.717, 1.165) is 34.5 Å². The number of halogens is 2. The van der Waals surface area contributed by atoms with Crippen molar-refractivity contribution in [3.8, 4) is 11.3 Å². The van der Waals surface area contributed by atoms with E-state index in [1.165, 1.54) is 0 Å².